The number of aromatic nitrogens is 1. The number of likely N-dealkylation sites (N-methyl/N-ethyl adjacent to an activating group) is 1. The first-order valence-corrected chi connectivity index (χ1v) is 8.34. The Hall–Kier alpha value is -2.79. The zero-order chi connectivity index (χ0) is 17.6. The Morgan fingerprint density at radius 2 is 2.00 bits per heavy atom. The first-order chi connectivity index (χ1) is 12.0. The van der Waals surface area contributed by atoms with Gasteiger partial charge in [-0.25, -0.2) is 0 Å². The quantitative estimate of drug-likeness (QED) is 0.759. The molecule has 25 heavy (non-hydrogen) atoms. The molecule has 126 valence electrons. The molecule has 5 nitrogen and oxygen atoms in total. The number of nitrogens with one attached hydrogen (secondary N) is 2. The summed E-state index contributed by atoms with van der Waals surface area (Å²) in [4.78, 5) is 28.5. The summed E-state index contributed by atoms with van der Waals surface area (Å²) < 4.78 is 0. The summed E-state index contributed by atoms with van der Waals surface area (Å²) in [6.45, 7) is 0.383. The van der Waals surface area contributed by atoms with Gasteiger partial charge in [-0.1, -0.05) is 17.7 Å². The maximum Gasteiger partial charge on any atom is 0.253 e. The van der Waals surface area contributed by atoms with Gasteiger partial charge in [0, 0.05) is 46.5 Å². The summed E-state index contributed by atoms with van der Waals surface area (Å²) in [5.74, 6) is 0.0926. The highest BCUT2D eigenvalue weighted by Crippen LogP contribution is 2.30. The average molecular weight is 354 g/mol. The van der Waals surface area contributed by atoms with E-state index in [1.54, 1.807) is 24.1 Å². The second-order valence-electron chi connectivity index (χ2n) is 6.18. The van der Waals surface area contributed by atoms with Crippen molar-refractivity contribution >= 4 is 39.8 Å². The number of halogens is 1. The smallest absolute Gasteiger partial charge is 0.253 e. The number of hydrogen-bond acceptors (Lipinski definition) is 3. The molecule has 1 amide bonds. The molecule has 0 spiro atoms. The predicted molar refractivity (Wildman–Crippen MR) is 100 cm³/mol. The fraction of sp³-hybridized carbons (Fsp3) is 0.158. The van der Waals surface area contributed by atoms with E-state index in [1.807, 2.05) is 30.3 Å². The van der Waals surface area contributed by atoms with Gasteiger partial charge in [0.15, 0.2) is 0 Å². The Labute approximate surface area is 149 Å². The van der Waals surface area contributed by atoms with Crippen molar-refractivity contribution in [3.8, 4) is 0 Å². The van der Waals surface area contributed by atoms with Crippen molar-refractivity contribution in [3.05, 3.63) is 69.0 Å². The third-order valence-corrected chi connectivity index (χ3v) is 4.76. The van der Waals surface area contributed by atoms with E-state index >= 15 is 0 Å². The molecule has 6 heteroatoms. The Morgan fingerprint density at radius 3 is 2.84 bits per heavy atom. The minimum atomic E-state index is -0.129. The first-order valence-electron chi connectivity index (χ1n) is 7.96. The van der Waals surface area contributed by atoms with Crippen LogP contribution in [0.4, 0.5) is 11.4 Å². The summed E-state index contributed by atoms with van der Waals surface area (Å²) in [5, 5.41) is 4.78. The molecule has 0 saturated carbocycles. The van der Waals surface area contributed by atoms with Crippen LogP contribution >= 0.6 is 11.6 Å². The maximum absolute atomic E-state index is 12.2. The number of carbonyl (C=O) groups is 1. The van der Waals surface area contributed by atoms with Crippen molar-refractivity contribution in [1.82, 2.24) is 4.98 Å². The Kier molecular flexibility index (Phi) is 3.73. The van der Waals surface area contributed by atoms with Crippen LogP contribution in [0, 0.1) is 0 Å². The summed E-state index contributed by atoms with van der Waals surface area (Å²) >= 11 is 6.02. The fourth-order valence-electron chi connectivity index (χ4n) is 3.10. The normalized spacial score (nSPS) is 13.4. The van der Waals surface area contributed by atoms with Crippen LogP contribution in [0.15, 0.2) is 47.3 Å². The van der Waals surface area contributed by atoms with Gasteiger partial charge in [-0.05, 0) is 42.0 Å². The van der Waals surface area contributed by atoms with E-state index in [0.29, 0.717) is 23.6 Å². The lowest BCUT2D eigenvalue weighted by molar-refractivity contribution is -0.117. The number of hydrogen-bond donors (Lipinski definition) is 2. The monoisotopic (exact) mass is 353 g/mol. The highest BCUT2D eigenvalue weighted by Gasteiger charge is 2.23. The van der Waals surface area contributed by atoms with E-state index < -0.39 is 0 Å². The molecule has 2 heterocycles. The molecule has 1 aliphatic heterocycles. The van der Waals surface area contributed by atoms with Gasteiger partial charge in [-0.3, -0.25) is 9.59 Å². The minimum Gasteiger partial charge on any atom is -0.381 e. The van der Waals surface area contributed by atoms with Gasteiger partial charge in [0.1, 0.15) is 0 Å². The van der Waals surface area contributed by atoms with Crippen molar-refractivity contribution in [2.45, 2.75) is 13.0 Å². The minimum absolute atomic E-state index is 0.0926. The highest BCUT2D eigenvalue weighted by atomic mass is 35.5. The van der Waals surface area contributed by atoms with E-state index in [4.69, 9.17) is 11.6 Å². The zero-order valence-electron chi connectivity index (χ0n) is 13.6. The molecule has 0 bridgehead atoms. The van der Waals surface area contributed by atoms with Crippen LogP contribution in [0.3, 0.4) is 0 Å². The lowest BCUT2D eigenvalue weighted by Crippen LogP contribution is -2.20. The molecule has 0 fully saturated rings. The van der Waals surface area contributed by atoms with Gasteiger partial charge in [-0.15, -0.1) is 0 Å². The van der Waals surface area contributed by atoms with Crippen LogP contribution in [0.1, 0.15) is 11.1 Å². The summed E-state index contributed by atoms with van der Waals surface area (Å²) in [7, 11) is 1.77. The van der Waals surface area contributed by atoms with E-state index in [1.165, 1.54) is 0 Å². The Bertz CT molecular complexity index is 1060. The molecular formula is C19H16ClN3O2. The molecular weight excluding hydrogens is 338 g/mol. The Morgan fingerprint density at radius 1 is 1.16 bits per heavy atom. The molecule has 1 aliphatic rings. The van der Waals surface area contributed by atoms with Crippen molar-refractivity contribution in [3.63, 3.8) is 0 Å². The number of rotatable bonds is 3. The number of carbonyl (C=O) groups excluding carboxylic acids is 1. The molecule has 3 aromatic rings. The number of benzene rings is 2. The SMILES string of the molecule is CN1C(=O)Cc2ccc(NCc3cc4cc(Cl)ccc4[nH]c3=O)cc21. The van der Waals surface area contributed by atoms with Crippen LogP contribution in [-0.2, 0) is 17.8 Å². The fourth-order valence-corrected chi connectivity index (χ4v) is 3.28. The summed E-state index contributed by atoms with van der Waals surface area (Å²) in [5.41, 5.74) is 4.06. The Balaban J connectivity index is 1.60. The number of fused-ring (bicyclic) bond motifs is 2. The molecule has 2 aromatic carbocycles. The van der Waals surface area contributed by atoms with Crippen molar-refractivity contribution in [2.75, 3.05) is 17.3 Å². The van der Waals surface area contributed by atoms with E-state index in [0.717, 1.165) is 27.8 Å². The summed E-state index contributed by atoms with van der Waals surface area (Å²) in [6.07, 6.45) is 0.442. The third kappa shape index (κ3) is 2.87. The highest BCUT2D eigenvalue weighted by molar-refractivity contribution is 6.31. The van der Waals surface area contributed by atoms with E-state index in [9.17, 15) is 9.59 Å². The largest absolute Gasteiger partial charge is 0.381 e. The van der Waals surface area contributed by atoms with Crippen molar-refractivity contribution < 1.29 is 4.79 Å². The molecule has 1 aromatic heterocycles. The molecule has 0 radical (unpaired) electrons. The number of nitrogens with zero attached hydrogens (tertiary/aromatic N) is 1. The molecule has 0 unspecified atom stereocenters. The first kappa shape index (κ1) is 15.7. The number of H-pyrrole nitrogens is 1. The maximum atomic E-state index is 12.2. The van der Waals surface area contributed by atoms with Gasteiger partial charge in [0.05, 0.1) is 6.42 Å². The van der Waals surface area contributed by atoms with E-state index in [-0.39, 0.29) is 11.5 Å². The van der Waals surface area contributed by atoms with Crippen molar-refractivity contribution in [1.29, 1.82) is 0 Å². The second kappa shape index (κ2) is 5.93. The van der Waals surface area contributed by atoms with Crippen LogP contribution in [0.25, 0.3) is 10.9 Å². The third-order valence-electron chi connectivity index (χ3n) is 4.53. The number of anilines is 2. The van der Waals surface area contributed by atoms with Gasteiger partial charge < -0.3 is 15.2 Å². The average Bonchev–Trinajstić information content (AvgIpc) is 2.87. The molecule has 4 rings (SSSR count). The lowest BCUT2D eigenvalue weighted by atomic mass is 10.1. The molecule has 0 atom stereocenters. The van der Waals surface area contributed by atoms with Crippen LogP contribution in [-0.4, -0.2) is 17.9 Å². The van der Waals surface area contributed by atoms with E-state index in [2.05, 4.69) is 10.3 Å². The number of aromatic amines is 1. The number of amides is 1. The van der Waals surface area contributed by atoms with Gasteiger partial charge in [0.2, 0.25) is 5.91 Å². The number of pyridine rings is 1. The summed E-state index contributed by atoms with van der Waals surface area (Å²) in [6, 6.07) is 13.0. The van der Waals surface area contributed by atoms with Crippen LogP contribution in [0.5, 0.6) is 0 Å². The standard InChI is InChI=1S/C19H16ClN3O2/c1-23-17-9-15(4-2-11(17)8-18(23)24)21-10-13-6-12-7-14(20)3-5-16(12)22-19(13)25/h2-7,9,21H,8,10H2,1H3,(H,22,25). The predicted octanol–water partition coefficient (Wildman–Crippen LogP) is 3.31. The topological polar surface area (TPSA) is 65.2 Å². The van der Waals surface area contributed by atoms with Gasteiger partial charge in [0.25, 0.3) is 5.56 Å². The molecule has 0 aliphatic carbocycles. The zero-order valence-corrected chi connectivity index (χ0v) is 14.4. The van der Waals surface area contributed by atoms with Crippen LogP contribution in [0.2, 0.25) is 5.02 Å². The van der Waals surface area contributed by atoms with Crippen molar-refractivity contribution in [2.24, 2.45) is 0 Å². The molecule has 2 N–H and O–H groups in total. The lowest BCUT2D eigenvalue weighted by Gasteiger charge is -2.13. The second-order valence-corrected chi connectivity index (χ2v) is 6.62. The van der Waals surface area contributed by atoms with Crippen LogP contribution < -0.4 is 15.8 Å². The van der Waals surface area contributed by atoms with Gasteiger partial charge in [-0.2, -0.15) is 0 Å². The molecule has 0 saturated heterocycles. The van der Waals surface area contributed by atoms with Gasteiger partial charge >= 0.3 is 0 Å².